The van der Waals surface area contributed by atoms with E-state index >= 15 is 0 Å². The van der Waals surface area contributed by atoms with Crippen molar-refractivity contribution in [3.8, 4) is 0 Å². The minimum absolute atomic E-state index is 0.0901. The van der Waals surface area contributed by atoms with E-state index in [1.165, 1.54) is 14.0 Å². The number of carbonyl (C=O) groups is 1. The van der Waals surface area contributed by atoms with Gasteiger partial charge in [-0.05, 0) is 44.0 Å². The predicted molar refractivity (Wildman–Crippen MR) is 106 cm³/mol. The van der Waals surface area contributed by atoms with Crippen LogP contribution in [0.5, 0.6) is 0 Å². The van der Waals surface area contributed by atoms with Crippen LogP contribution < -0.4 is 5.32 Å². The standard InChI is InChI=1S/C20H21F6N3O4S/c1-18(34(31,32)13-5-3-4-12(8-13)19(21,22)23)6-7-33-15(10-18)14-9-16(20(24,25)26)29(28-14)11-17(30)27-2/h3-5,8-9,15H,6-7,10-11H2,1-2H3,(H,27,30). The molecule has 0 spiro atoms. The van der Waals surface area contributed by atoms with Crippen molar-refractivity contribution in [2.75, 3.05) is 13.7 Å². The third kappa shape index (κ3) is 5.06. The number of carbonyl (C=O) groups excluding carboxylic acids is 1. The summed E-state index contributed by atoms with van der Waals surface area (Å²) in [6.07, 6.45) is -11.2. The summed E-state index contributed by atoms with van der Waals surface area (Å²) in [6.45, 7) is 0.408. The first kappa shape index (κ1) is 26.0. The molecule has 7 nitrogen and oxygen atoms in total. The van der Waals surface area contributed by atoms with E-state index in [1.54, 1.807) is 0 Å². The van der Waals surface area contributed by atoms with Gasteiger partial charge in [0.1, 0.15) is 18.3 Å². The van der Waals surface area contributed by atoms with Crippen molar-refractivity contribution in [2.24, 2.45) is 0 Å². The summed E-state index contributed by atoms with van der Waals surface area (Å²) < 4.78 is 111. The van der Waals surface area contributed by atoms with Crippen LogP contribution in [-0.4, -0.2) is 42.5 Å². The van der Waals surface area contributed by atoms with Crippen LogP contribution in [0.1, 0.15) is 42.8 Å². The highest BCUT2D eigenvalue weighted by molar-refractivity contribution is 7.92. The van der Waals surface area contributed by atoms with Crippen LogP contribution in [0, 0.1) is 0 Å². The van der Waals surface area contributed by atoms with E-state index in [9.17, 15) is 39.6 Å². The smallest absolute Gasteiger partial charge is 0.372 e. The van der Waals surface area contributed by atoms with Gasteiger partial charge in [-0.25, -0.2) is 8.42 Å². The molecule has 1 aromatic heterocycles. The van der Waals surface area contributed by atoms with Crippen molar-refractivity contribution in [1.29, 1.82) is 0 Å². The second kappa shape index (κ2) is 8.87. The number of hydrogen-bond donors (Lipinski definition) is 1. The molecule has 1 aliphatic rings. The molecular formula is C20H21F6N3O4S. The number of alkyl halides is 6. The molecule has 2 heterocycles. The van der Waals surface area contributed by atoms with Gasteiger partial charge >= 0.3 is 12.4 Å². The number of aromatic nitrogens is 2. The number of hydrogen-bond acceptors (Lipinski definition) is 5. The Morgan fingerprint density at radius 3 is 2.47 bits per heavy atom. The zero-order chi connectivity index (χ0) is 25.5. The van der Waals surface area contributed by atoms with Gasteiger partial charge in [0.15, 0.2) is 9.84 Å². The molecule has 0 bridgehead atoms. The topological polar surface area (TPSA) is 90.3 Å². The largest absolute Gasteiger partial charge is 0.433 e. The molecule has 2 aromatic rings. The number of amides is 1. The molecular weight excluding hydrogens is 492 g/mol. The molecule has 1 fully saturated rings. The molecule has 14 heteroatoms. The van der Waals surface area contributed by atoms with Gasteiger partial charge in [0.25, 0.3) is 0 Å². The number of ether oxygens (including phenoxy) is 1. The van der Waals surface area contributed by atoms with Gasteiger partial charge in [0, 0.05) is 13.7 Å². The van der Waals surface area contributed by atoms with Crippen LogP contribution in [0.25, 0.3) is 0 Å². The highest BCUT2D eigenvalue weighted by atomic mass is 32.2. The van der Waals surface area contributed by atoms with Crippen LogP contribution >= 0.6 is 0 Å². The van der Waals surface area contributed by atoms with Crippen LogP contribution in [0.3, 0.4) is 0 Å². The summed E-state index contributed by atoms with van der Waals surface area (Å²) in [6, 6.07) is 3.97. The van der Waals surface area contributed by atoms with Crippen LogP contribution in [0.2, 0.25) is 0 Å². The van der Waals surface area contributed by atoms with Gasteiger partial charge in [-0.3, -0.25) is 9.48 Å². The fraction of sp³-hybridized carbons (Fsp3) is 0.500. The average molecular weight is 513 g/mol. The monoisotopic (exact) mass is 513 g/mol. The van der Waals surface area contributed by atoms with Crippen LogP contribution in [-0.2, 0) is 38.3 Å². The summed E-state index contributed by atoms with van der Waals surface area (Å²) in [5.41, 5.74) is -2.59. The summed E-state index contributed by atoms with van der Waals surface area (Å²) in [5, 5.41) is 6.01. The Labute approximate surface area is 191 Å². The normalized spacial score (nSPS) is 21.9. The lowest BCUT2D eigenvalue weighted by Crippen LogP contribution is -2.42. The lowest BCUT2D eigenvalue weighted by atomic mass is 9.95. The lowest BCUT2D eigenvalue weighted by molar-refractivity contribution is -0.145. The zero-order valence-corrected chi connectivity index (χ0v) is 18.8. The molecule has 1 amide bonds. The first-order valence-corrected chi connectivity index (χ1v) is 11.5. The van der Waals surface area contributed by atoms with Gasteiger partial charge < -0.3 is 10.1 Å². The van der Waals surface area contributed by atoms with E-state index in [0.29, 0.717) is 16.8 Å². The van der Waals surface area contributed by atoms with Crippen molar-refractivity contribution < 1.29 is 44.3 Å². The molecule has 0 aliphatic carbocycles. The Kier molecular flexibility index (Phi) is 6.79. The number of sulfone groups is 1. The summed E-state index contributed by atoms with van der Waals surface area (Å²) in [5.74, 6) is -0.735. The lowest BCUT2D eigenvalue weighted by Gasteiger charge is -2.37. The molecule has 2 unspecified atom stereocenters. The highest BCUT2D eigenvalue weighted by Gasteiger charge is 2.47. The third-order valence-corrected chi connectivity index (χ3v) is 8.22. The molecule has 34 heavy (non-hydrogen) atoms. The molecule has 188 valence electrons. The van der Waals surface area contributed by atoms with E-state index in [2.05, 4.69) is 10.4 Å². The maximum Gasteiger partial charge on any atom is 0.433 e. The highest BCUT2D eigenvalue weighted by Crippen LogP contribution is 2.43. The van der Waals surface area contributed by atoms with E-state index in [0.717, 1.165) is 18.2 Å². The van der Waals surface area contributed by atoms with Crippen LogP contribution in [0.15, 0.2) is 35.2 Å². The van der Waals surface area contributed by atoms with Crippen molar-refractivity contribution in [2.45, 2.75) is 54.4 Å². The van der Waals surface area contributed by atoms with E-state index in [4.69, 9.17) is 4.74 Å². The average Bonchev–Trinajstić information content (AvgIpc) is 3.17. The fourth-order valence-electron chi connectivity index (χ4n) is 3.69. The number of nitrogens with zero attached hydrogens (tertiary/aromatic N) is 2. The van der Waals surface area contributed by atoms with Gasteiger partial charge in [-0.15, -0.1) is 0 Å². The van der Waals surface area contributed by atoms with Gasteiger partial charge in [0.05, 0.1) is 20.9 Å². The predicted octanol–water partition coefficient (Wildman–Crippen LogP) is 3.75. The molecule has 0 saturated carbocycles. The molecule has 2 atom stereocenters. The van der Waals surface area contributed by atoms with E-state index in [-0.39, 0.29) is 25.1 Å². The Hall–Kier alpha value is -2.61. The molecule has 1 aliphatic heterocycles. The fourth-order valence-corrected chi connectivity index (χ4v) is 5.52. The minimum atomic E-state index is -4.85. The first-order valence-electron chi connectivity index (χ1n) is 9.97. The molecule has 0 radical (unpaired) electrons. The molecule has 1 saturated heterocycles. The second-order valence-electron chi connectivity index (χ2n) is 8.08. The number of likely N-dealkylation sites (N-methyl/N-ethyl adjacent to an activating group) is 1. The Bertz CT molecular complexity index is 1180. The number of benzene rings is 1. The van der Waals surface area contributed by atoms with Crippen molar-refractivity contribution in [3.05, 3.63) is 47.3 Å². The van der Waals surface area contributed by atoms with E-state index < -0.39 is 61.6 Å². The van der Waals surface area contributed by atoms with Gasteiger partial charge in [-0.2, -0.15) is 31.4 Å². The quantitative estimate of drug-likeness (QED) is 0.616. The van der Waals surface area contributed by atoms with Crippen molar-refractivity contribution >= 4 is 15.7 Å². The van der Waals surface area contributed by atoms with Crippen LogP contribution in [0.4, 0.5) is 26.3 Å². The number of nitrogens with one attached hydrogen (secondary N) is 1. The maximum absolute atomic E-state index is 13.5. The Morgan fingerprint density at radius 2 is 1.88 bits per heavy atom. The van der Waals surface area contributed by atoms with Gasteiger partial charge in [0.2, 0.25) is 5.91 Å². The number of rotatable bonds is 5. The zero-order valence-electron chi connectivity index (χ0n) is 18.0. The third-order valence-electron chi connectivity index (χ3n) is 5.68. The minimum Gasteiger partial charge on any atom is -0.372 e. The summed E-state index contributed by atoms with van der Waals surface area (Å²) >= 11 is 0. The van der Waals surface area contributed by atoms with Crippen molar-refractivity contribution in [3.63, 3.8) is 0 Å². The molecule has 1 N–H and O–H groups in total. The first-order chi connectivity index (χ1) is 15.6. The summed E-state index contributed by atoms with van der Waals surface area (Å²) in [7, 11) is -3.10. The SMILES string of the molecule is CNC(=O)Cn1nc(C2CC(C)(S(=O)(=O)c3cccc(C(F)(F)F)c3)CCO2)cc1C(F)(F)F. The summed E-state index contributed by atoms with van der Waals surface area (Å²) in [4.78, 5) is 11.1. The van der Waals surface area contributed by atoms with E-state index in [1.807, 2.05) is 0 Å². The molecule has 1 aromatic carbocycles. The Balaban J connectivity index is 1.96. The number of halogens is 6. The second-order valence-corrected chi connectivity index (χ2v) is 10.5. The van der Waals surface area contributed by atoms with Gasteiger partial charge in [-0.1, -0.05) is 6.07 Å². The maximum atomic E-state index is 13.5. The van der Waals surface area contributed by atoms with Crippen molar-refractivity contribution in [1.82, 2.24) is 15.1 Å². The Morgan fingerprint density at radius 1 is 1.21 bits per heavy atom. The molecule has 3 rings (SSSR count).